The lowest BCUT2D eigenvalue weighted by Crippen LogP contribution is -2.05. The summed E-state index contributed by atoms with van der Waals surface area (Å²) in [5, 5.41) is 3.61. The van der Waals surface area contributed by atoms with Crippen molar-refractivity contribution in [2.45, 2.75) is 6.18 Å². The number of rotatable bonds is 1. The monoisotopic (exact) mass is 281 g/mol. The largest absolute Gasteiger partial charge is 0.416 e. The zero-order chi connectivity index (χ0) is 14.3. The second kappa shape index (κ2) is 4.29. The van der Waals surface area contributed by atoms with Gasteiger partial charge in [0.05, 0.1) is 17.5 Å². The first kappa shape index (κ1) is 12.6. The SMILES string of the molecule is Fc1ccc2ncc(-c3cccc(C(F)(F)F)c3)n2n1. The van der Waals surface area contributed by atoms with Crippen LogP contribution in [0.1, 0.15) is 5.56 Å². The normalized spacial score (nSPS) is 12.0. The van der Waals surface area contributed by atoms with E-state index >= 15 is 0 Å². The van der Waals surface area contributed by atoms with Crippen LogP contribution in [0.25, 0.3) is 16.9 Å². The van der Waals surface area contributed by atoms with E-state index in [1.807, 2.05) is 0 Å². The molecule has 2 heterocycles. The summed E-state index contributed by atoms with van der Waals surface area (Å²) in [6, 6.07) is 7.27. The van der Waals surface area contributed by atoms with Crippen molar-refractivity contribution in [1.29, 1.82) is 0 Å². The highest BCUT2D eigenvalue weighted by atomic mass is 19.4. The number of nitrogens with zero attached hydrogens (tertiary/aromatic N) is 3. The molecule has 3 nitrogen and oxygen atoms in total. The predicted molar refractivity (Wildman–Crippen MR) is 63.4 cm³/mol. The topological polar surface area (TPSA) is 30.2 Å². The van der Waals surface area contributed by atoms with Gasteiger partial charge in [-0.3, -0.25) is 0 Å². The third-order valence-corrected chi connectivity index (χ3v) is 2.82. The van der Waals surface area contributed by atoms with Crippen LogP contribution in [0.15, 0.2) is 42.6 Å². The average molecular weight is 281 g/mol. The fourth-order valence-corrected chi connectivity index (χ4v) is 1.90. The van der Waals surface area contributed by atoms with Crippen molar-refractivity contribution in [3.63, 3.8) is 0 Å². The van der Waals surface area contributed by atoms with E-state index in [0.29, 0.717) is 11.3 Å². The third kappa shape index (κ3) is 2.11. The Bertz CT molecular complexity index is 777. The van der Waals surface area contributed by atoms with E-state index in [1.54, 1.807) is 0 Å². The number of alkyl halides is 3. The molecule has 0 saturated carbocycles. The molecular formula is C13H7F4N3. The zero-order valence-electron chi connectivity index (χ0n) is 9.89. The van der Waals surface area contributed by atoms with Crippen molar-refractivity contribution in [2.24, 2.45) is 0 Å². The van der Waals surface area contributed by atoms with E-state index in [4.69, 9.17) is 0 Å². The van der Waals surface area contributed by atoms with E-state index < -0.39 is 17.7 Å². The van der Waals surface area contributed by atoms with Crippen molar-refractivity contribution in [2.75, 3.05) is 0 Å². The van der Waals surface area contributed by atoms with Crippen LogP contribution in [0.3, 0.4) is 0 Å². The van der Waals surface area contributed by atoms with Crippen LogP contribution >= 0.6 is 0 Å². The van der Waals surface area contributed by atoms with Gasteiger partial charge in [0.2, 0.25) is 5.95 Å². The number of hydrogen-bond acceptors (Lipinski definition) is 2. The molecule has 102 valence electrons. The Morgan fingerprint density at radius 1 is 1.05 bits per heavy atom. The number of halogens is 4. The minimum absolute atomic E-state index is 0.269. The molecule has 0 unspecified atom stereocenters. The Kier molecular flexibility index (Phi) is 2.70. The summed E-state index contributed by atoms with van der Waals surface area (Å²) in [4.78, 5) is 3.98. The molecule has 0 atom stereocenters. The zero-order valence-corrected chi connectivity index (χ0v) is 9.89. The van der Waals surface area contributed by atoms with Crippen LogP contribution in [0, 0.1) is 5.95 Å². The lowest BCUT2D eigenvalue weighted by Gasteiger charge is -2.08. The first-order valence-electron chi connectivity index (χ1n) is 5.63. The molecule has 0 bridgehead atoms. The van der Waals surface area contributed by atoms with E-state index in [9.17, 15) is 17.6 Å². The van der Waals surface area contributed by atoms with Gasteiger partial charge in [-0.2, -0.15) is 17.6 Å². The quantitative estimate of drug-likeness (QED) is 0.638. The number of imidazole rings is 1. The summed E-state index contributed by atoms with van der Waals surface area (Å²) in [5.41, 5.74) is 0.149. The smallest absolute Gasteiger partial charge is 0.235 e. The van der Waals surface area contributed by atoms with Gasteiger partial charge in [-0.25, -0.2) is 9.50 Å². The summed E-state index contributed by atoms with van der Waals surface area (Å²) < 4.78 is 52.4. The van der Waals surface area contributed by atoms with Crippen molar-refractivity contribution in [1.82, 2.24) is 14.6 Å². The first-order chi connectivity index (χ1) is 9.45. The van der Waals surface area contributed by atoms with Gasteiger partial charge in [0.25, 0.3) is 0 Å². The third-order valence-electron chi connectivity index (χ3n) is 2.82. The van der Waals surface area contributed by atoms with Gasteiger partial charge in [-0.15, -0.1) is 5.10 Å². The van der Waals surface area contributed by atoms with Gasteiger partial charge >= 0.3 is 6.18 Å². The molecule has 1 aromatic carbocycles. The fourth-order valence-electron chi connectivity index (χ4n) is 1.90. The average Bonchev–Trinajstić information content (AvgIpc) is 2.81. The van der Waals surface area contributed by atoms with Gasteiger partial charge < -0.3 is 0 Å². The predicted octanol–water partition coefficient (Wildman–Crippen LogP) is 3.55. The molecule has 0 aliphatic heterocycles. The molecule has 0 aliphatic carbocycles. The minimum atomic E-state index is -4.44. The molecule has 20 heavy (non-hydrogen) atoms. The van der Waals surface area contributed by atoms with Crippen molar-refractivity contribution < 1.29 is 17.6 Å². The lowest BCUT2D eigenvalue weighted by molar-refractivity contribution is -0.137. The molecule has 0 spiro atoms. The molecule has 0 fully saturated rings. The minimum Gasteiger partial charge on any atom is -0.235 e. The number of fused-ring (bicyclic) bond motifs is 1. The molecule has 0 saturated heterocycles. The Labute approximate surface area is 110 Å². The highest BCUT2D eigenvalue weighted by Gasteiger charge is 2.30. The van der Waals surface area contributed by atoms with Crippen LogP contribution in [0.4, 0.5) is 17.6 Å². The van der Waals surface area contributed by atoms with Crippen molar-refractivity contribution in [3.8, 4) is 11.3 Å². The summed E-state index contributed by atoms with van der Waals surface area (Å²) in [6.07, 6.45) is -3.08. The molecule has 0 aliphatic rings. The van der Waals surface area contributed by atoms with Crippen LogP contribution in [0.5, 0.6) is 0 Å². The summed E-state index contributed by atoms with van der Waals surface area (Å²) >= 11 is 0. The molecule has 3 aromatic rings. The van der Waals surface area contributed by atoms with Crippen LogP contribution in [-0.2, 0) is 6.18 Å². The van der Waals surface area contributed by atoms with Gasteiger partial charge in [0, 0.05) is 5.56 Å². The standard InChI is InChI=1S/C13H7F4N3/c14-11-4-5-12-18-7-10(20(12)19-11)8-2-1-3-9(6-8)13(15,16)17/h1-7H. The first-order valence-corrected chi connectivity index (χ1v) is 5.63. The maximum atomic E-state index is 13.1. The lowest BCUT2D eigenvalue weighted by atomic mass is 10.1. The Balaban J connectivity index is 2.18. The van der Waals surface area contributed by atoms with Crippen molar-refractivity contribution in [3.05, 3.63) is 54.1 Å². The Morgan fingerprint density at radius 3 is 2.60 bits per heavy atom. The molecule has 2 aromatic heterocycles. The van der Waals surface area contributed by atoms with E-state index in [0.717, 1.165) is 18.2 Å². The second-order valence-corrected chi connectivity index (χ2v) is 4.15. The van der Waals surface area contributed by atoms with Gasteiger partial charge in [-0.1, -0.05) is 12.1 Å². The van der Waals surface area contributed by atoms with Crippen molar-refractivity contribution >= 4 is 5.65 Å². The maximum absolute atomic E-state index is 13.1. The number of benzene rings is 1. The molecule has 0 radical (unpaired) electrons. The highest BCUT2D eigenvalue weighted by molar-refractivity contribution is 5.63. The van der Waals surface area contributed by atoms with Gasteiger partial charge in [0.15, 0.2) is 5.65 Å². The highest BCUT2D eigenvalue weighted by Crippen LogP contribution is 2.32. The second-order valence-electron chi connectivity index (χ2n) is 4.15. The fraction of sp³-hybridized carbons (Fsp3) is 0.0769. The Hall–Kier alpha value is -2.44. The number of hydrogen-bond donors (Lipinski definition) is 0. The van der Waals surface area contributed by atoms with Gasteiger partial charge in [-0.05, 0) is 24.3 Å². The summed E-state index contributed by atoms with van der Waals surface area (Å²) in [6.45, 7) is 0. The molecule has 3 rings (SSSR count). The summed E-state index contributed by atoms with van der Waals surface area (Å²) in [7, 11) is 0. The molecule has 7 heteroatoms. The van der Waals surface area contributed by atoms with Crippen LogP contribution in [-0.4, -0.2) is 14.6 Å². The Morgan fingerprint density at radius 2 is 1.85 bits per heavy atom. The van der Waals surface area contributed by atoms with Crippen LogP contribution in [0.2, 0.25) is 0 Å². The molecular weight excluding hydrogens is 274 g/mol. The molecule has 0 N–H and O–H groups in total. The number of aromatic nitrogens is 3. The van der Waals surface area contributed by atoms with Crippen LogP contribution < -0.4 is 0 Å². The van der Waals surface area contributed by atoms with Gasteiger partial charge in [0.1, 0.15) is 0 Å². The molecule has 0 amide bonds. The maximum Gasteiger partial charge on any atom is 0.416 e. The van der Waals surface area contributed by atoms with E-state index in [2.05, 4.69) is 10.1 Å². The van der Waals surface area contributed by atoms with E-state index in [-0.39, 0.29) is 5.56 Å². The van der Waals surface area contributed by atoms with E-state index in [1.165, 1.54) is 28.9 Å². The summed E-state index contributed by atoms with van der Waals surface area (Å²) in [5.74, 6) is -0.733.